The molecule has 6 nitrogen and oxygen atoms in total. The molecule has 0 heterocycles. The van der Waals surface area contributed by atoms with Gasteiger partial charge in [0.15, 0.2) is 11.5 Å². The molecule has 0 aromatic heterocycles. The number of non-ortho nitro benzene ring substituents is 1. The standard InChI is InChI=1S/C16H17BrN2O4/c1-3-23-16-14(17)7-11(8-15(16)22-2)10-18-12-5-4-6-13(9-12)19(20)21/h4-9,18H,3,10H2,1-2H3. The van der Waals surface area contributed by atoms with Crippen LogP contribution in [0.15, 0.2) is 40.9 Å². The monoisotopic (exact) mass is 380 g/mol. The highest BCUT2D eigenvalue weighted by Gasteiger charge is 2.11. The van der Waals surface area contributed by atoms with Crippen LogP contribution in [0, 0.1) is 10.1 Å². The fourth-order valence-electron chi connectivity index (χ4n) is 2.09. The van der Waals surface area contributed by atoms with Crippen LogP contribution in [-0.4, -0.2) is 18.6 Å². The lowest BCUT2D eigenvalue weighted by atomic mass is 10.2. The number of nitro groups is 1. The smallest absolute Gasteiger partial charge is 0.271 e. The van der Waals surface area contributed by atoms with E-state index in [1.54, 1.807) is 19.2 Å². The van der Waals surface area contributed by atoms with Gasteiger partial charge in [0.2, 0.25) is 0 Å². The first-order chi connectivity index (χ1) is 11.0. The van der Waals surface area contributed by atoms with Crippen molar-refractivity contribution in [3.05, 3.63) is 56.5 Å². The molecule has 0 aliphatic rings. The maximum absolute atomic E-state index is 10.8. The van der Waals surface area contributed by atoms with Crippen molar-refractivity contribution in [1.82, 2.24) is 0 Å². The molecule has 0 saturated carbocycles. The predicted molar refractivity (Wildman–Crippen MR) is 92.3 cm³/mol. The van der Waals surface area contributed by atoms with E-state index in [0.717, 1.165) is 10.0 Å². The van der Waals surface area contributed by atoms with Gasteiger partial charge in [-0.2, -0.15) is 0 Å². The van der Waals surface area contributed by atoms with Crippen molar-refractivity contribution in [3.8, 4) is 11.5 Å². The molecule has 2 aromatic rings. The number of methoxy groups -OCH3 is 1. The molecule has 1 N–H and O–H groups in total. The Morgan fingerprint density at radius 2 is 2.09 bits per heavy atom. The minimum Gasteiger partial charge on any atom is -0.493 e. The molecule has 2 aromatic carbocycles. The molecule has 2 rings (SSSR count). The zero-order valence-electron chi connectivity index (χ0n) is 12.8. The first kappa shape index (κ1) is 17.1. The summed E-state index contributed by atoms with van der Waals surface area (Å²) in [5.41, 5.74) is 1.70. The van der Waals surface area contributed by atoms with Gasteiger partial charge in [-0.25, -0.2) is 0 Å². The van der Waals surface area contributed by atoms with Crippen LogP contribution in [0.4, 0.5) is 11.4 Å². The molecule has 0 fully saturated rings. The molecule has 0 radical (unpaired) electrons. The number of halogens is 1. The molecule has 0 unspecified atom stereocenters. The molecular formula is C16H17BrN2O4. The number of rotatable bonds is 7. The van der Waals surface area contributed by atoms with Crippen LogP contribution >= 0.6 is 15.9 Å². The van der Waals surface area contributed by atoms with Gasteiger partial charge in [-0.3, -0.25) is 10.1 Å². The number of hydrogen-bond acceptors (Lipinski definition) is 5. The molecule has 0 saturated heterocycles. The van der Waals surface area contributed by atoms with Crippen molar-refractivity contribution in [2.45, 2.75) is 13.5 Å². The highest BCUT2D eigenvalue weighted by atomic mass is 79.9. The highest BCUT2D eigenvalue weighted by molar-refractivity contribution is 9.10. The molecule has 0 aliphatic carbocycles. The Balaban J connectivity index is 2.16. The largest absolute Gasteiger partial charge is 0.493 e. The van der Waals surface area contributed by atoms with E-state index in [1.807, 2.05) is 19.1 Å². The number of hydrogen-bond donors (Lipinski definition) is 1. The first-order valence-electron chi connectivity index (χ1n) is 7.02. The van der Waals surface area contributed by atoms with Gasteiger partial charge in [0, 0.05) is 24.4 Å². The van der Waals surface area contributed by atoms with Crippen LogP contribution < -0.4 is 14.8 Å². The Morgan fingerprint density at radius 1 is 1.30 bits per heavy atom. The van der Waals surface area contributed by atoms with E-state index >= 15 is 0 Å². The Labute approximate surface area is 142 Å². The van der Waals surface area contributed by atoms with Crippen molar-refractivity contribution in [3.63, 3.8) is 0 Å². The summed E-state index contributed by atoms with van der Waals surface area (Å²) in [5, 5.41) is 14.0. The second-order valence-corrected chi connectivity index (χ2v) is 5.56. The minimum atomic E-state index is -0.415. The molecule has 7 heteroatoms. The Hall–Kier alpha value is -2.28. The van der Waals surface area contributed by atoms with Crippen molar-refractivity contribution in [2.75, 3.05) is 19.0 Å². The van der Waals surface area contributed by atoms with Crippen LogP contribution in [0.5, 0.6) is 11.5 Å². The number of nitrogens with one attached hydrogen (secondary N) is 1. The van der Waals surface area contributed by atoms with Gasteiger partial charge in [-0.15, -0.1) is 0 Å². The van der Waals surface area contributed by atoms with Gasteiger partial charge in [-0.05, 0) is 46.6 Å². The van der Waals surface area contributed by atoms with Crippen LogP contribution in [0.1, 0.15) is 12.5 Å². The second-order valence-electron chi connectivity index (χ2n) is 4.70. The average molecular weight is 381 g/mol. The molecule has 0 spiro atoms. The number of nitrogens with zero attached hydrogens (tertiary/aromatic N) is 1. The Morgan fingerprint density at radius 3 is 2.74 bits per heavy atom. The van der Waals surface area contributed by atoms with Crippen molar-refractivity contribution >= 4 is 27.3 Å². The van der Waals surface area contributed by atoms with E-state index in [1.165, 1.54) is 12.1 Å². The summed E-state index contributed by atoms with van der Waals surface area (Å²) in [4.78, 5) is 10.4. The van der Waals surface area contributed by atoms with Gasteiger partial charge in [0.25, 0.3) is 5.69 Å². The zero-order chi connectivity index (χ0) is 16.8. The Kier molecular flexibility index (Phi) is 5.81. The highest BCUT2D eigenvalue weighted by Crippen LogP contribution is 2.36. The average Bonchev–Trinajstić information content (AvgIpc) is 2.55. The van der Waals surface area contributed by atoms with E-state index in [4.69, 9.17) is 9.47 Å². The quantitative estimate of drug-likeness (QED) is 0.569. The van der Waals surface area contributed by atoms with E-state index in [0.29, 0.717) is 30.3 Å². The van der Waals surface area contributed by atoms with Crippen LogP contribution in [0.2, 0.25) is 0 Å². The molecular weight excluding hydrogens is 364 g/mol. The summed E-state index contributed by atoms with van der Waals surface area (Å²) < 4.78 is 11.7. The van der Waals surface area contributed by atoms with E-state index < -0.39 is 4.92 Å². The Bertz CT molecular complexity index is 706. The molecule has 0 atom stereocenters. The summed E-state index contributed by atoms with van der Waals surface area (Å²) >= 11 is 3.47. The third-order valence-electron chi connectivity index (χ3n) is 3.13. The van der Waals surface area contributed by atoms with Gasteiger partial charge in [0.05, 0.1) is 23.1 Å². The van der Waals surface area contributed by atoms with E-state index in [2.05, 4.69) is 21.2 Å². The predicted octanol–water partition coefficient (Wildman–Crippen LogP) is 4.38. The van der Waals surface area contributed by atoms with Gasteiger partial charge in [0.1, 0.15) is 0 Å². The molecule has 0 aliphatic heterocycles. The van der Waals surface area contributed by atoms with E-state index in [9.17, 15) is 10.1 Å². The summed E-state index contributed by atoms with van der Waals surface area (Å²) in [6.45, 7) is 2.95. The van der Waals surface area contributed by atoms with Gasteiger partial charge >= 0.3 is 0 Å². The van der Waals surface area contributed by atoms with Crippen molar-refractivity contribution in [1.29, 1.82) is 0 Å². The minimum absolute atomic E-state index is 0.0560. The number of nitro benzene ring substituents is 1. The number of benzene rings is 2. The van der Waals surface area contributed by atoms with Gasteiger partial charge < -0.3 is 14.8 Å². The molecule has 0 amide bonds. The summed E-state index contributed by atoms with van der Waals surface area (Å²) in [7, 11) is 1.59. The number of anilines is 1. The van der Waals surface area contributed by atoms with Crippen LogP contribution in [0.25, 0.3) is 0 Å². The van der Waals surface area contributed by atoms with Gasteiger partial charge in [-0.1, -0.05) is 6.07 Å². The lowest BCUT2D eigenvalue weighted by Gasteiger charge is -2.14. The SMILES string of the molecule is CCOc1c(Br)cc(CNc2cccc([N+](=O)[O-])c2)cc1OC. The first-order valence-corrected chi connectivity index (χ1v) is 7.82. The topological polar surface area (TPSA) is 73.6 Å². The summed E-state index contributed by atoms with van der Waals surface area (Å²) in [6, 6.07) is 10.2. The fourth-order valence-corrected chi connectivity index (χ4v) is 2.70. The van der Waals surface area contributed by atoms with Crippen molar-refractivity contribution in [2.24, 2.45) is 0 Å². The van der Waals surface area contributed by atoms with Crippen LogP contribution in [-0.2, 0) is 6.54 Å². The molecule has 23 heavy (non-hydrogen) atoms. The molecule has 122 valence electrons. The zero-order valence-corrected chi connectivity index (χ0v) is 14.4. The lowest BCUT2D eigenvalue weighted by molar-refractivity contribution is -0.384. The maximum atomic E-state index is 10.8. The molecule has 0 bridgehead atoms. The van der Waals surface area contributed by atoms with E-state index in [-0.39, 0.29) is 5.69 Å². The third kappa shape index (κ3) is 4.35. The maximum Gasteiger partial charge on any atom is 0.271 e. The van der Waals surface area contributed by atoms with Crippen LogP contribution in [0.3, 0.4) is 0 Å². The normalized spacial score (nSPS) is 10.2. The number of ether oxygens (including phenoxy) is 2. The second kappa shape index (κ2) is 7.82. The fraction of sp³-hybridized carbons (Fsp3) is 0.250. The lowest BCUT2D eigenvalue weighted by Crippen LogP contribution is -2.02. The summed E-state index contributed by atoms with van der Waals surface area (Å²) in [6.07, 6.45) is 0. The van der Waals surface area contributed by atoms with Crippen molar-refractivity contribution < 1.29 is 14.4 Å². The third-order valence-corrected chi connectivity index (χ3v) is 3.72. The summed E-state index contributed by atoms with van der Waals surface area (Å²) in [5.74, 6) is 1.30.